The molecule has 1 aromatic heterocycles. The molecule has 2 rings (SSSR count). The van der Waals surface area contributed by atoms with Crippen molar-refractivity contribution in [3.8, 4) is 0 Å². The van der Waals surface area contributed by atoms with Crippen molar-refractivity contribution in [1.29, 1.82) is 0 Å². The molecule has 0 amide bonds. The van der Waals surface area contributed by atoms with Crippen LogP contribution in [-0.2, 0) is 10.0 Å². The van der Waals surface area contributed by atoms with Gasteiger partial charge in [0, 0.05) is 42.9 Å². The quantitative estimate of drug-likeness (QED) is 0.619. The smallest absolute Gasteiger partial charge is 0.243 e. The summed E-state index contributed by atoms with van der Waals surface area (Å²) in [4.78, 5) is 4.42. The molecule has 0 unspecified atom stereocenters. The fourth-order valence-electron chi connectivity index (χ4n) is 2.92. The molecular formula is C19H28N2O3S. The lowest BCUT2D eigenvalue weighted by Crippen LogP contribution is -2.33. The van der Waals surface area contributed by atoms with E-state index in [-0.39, 0.29) is 6.61 Å². The minimum absolute atomic E-state index is 0.0870. The largest absolute Gasteiger partial charge is 0.396 e. The Bertz CT molecular complexity index is 757. The summed E-state index contributed by atoms with van der Waals surface area (Å²) in [6.07, 6.45) is 8.71. The van der Waals surface area contributed by atoms with Crippen LogP contribution in [0.1, 0.15) is 45.4 Å². The molecular weight excluding hydrogens is 336 g/mol. The van der Waals surface area contributed by atoms with Gasteiger partial charge in [-0.3, -0.25) is 4.98 Å². The van der Waals surface area contributed by atoms with Crippen LogP contribution in [0.15, 0.2) is 41.6 Å². The molecule has 1 aromatic carbocycles. The summed E-state index contributed by atoms with van der Waals surface area (Å²) in [5, 5.41) is 10.5. The molecule has 0 aliphatic carbocycles. The first kappa shape index (κ1) is 19.8. The van der Waals surface area contributed by atoms with Gasteiger partial charge in [0.2, 0.25) is 10.0 Å². The van der Waals surface area contributed by atoms with Crippen LogP contribution in [0.3, 0.4) is 0 Å². The van der Waals surface area contributed by atoms with Gasteiger partial charge in [-0.05, 0) is 31.4 Å². The summed E-state index contributed by atoms with van der Waals surface area (Å²) in [6.45, 7) is 3.19. The Morgan fingerprint density at radius 2 is 1.80 bits per heavy atom. The Hall–Kier alpha value is -1.50. The van der Waals surface area contributed by atoms with Crippen molar-refractivity contribution in [2.45, 2.75) is 50.3 Å². The highest BCUT2D eigenvalue weighted by molar-refractivity contribution is 7.89. The molecule has 0 saturated carbocycles. The van der Waals surface area contributed by atoms with Gasteiger partial charge in [-0.2, -0.15) is 4.31 Å². The molecule has 138 valence electrons. The predicted octanol–water partition coefficient (Wildman–Crippen LogP) is 3.58. The van der Waals surface area contributed by atoms with Gasteiger partial charge in [-0.15, -0.1) is 0 Å². The highest BCUT2D eigenvalue weighted by atomic mass is 32.2. The Morgan fingerprint density at radius 3 is 2.52 bits per heavy atom. The van der Waals surface area contributed by atoms with E-state index in [4.69, 9.17) is 5.11 Å². The fourth-order valence-corrected chi connectivity index (χ4v) is 4.66. The zero-order valence-corrected chi connectivity index (χ0v) is 15.7. The third kappa shape index (κ3) is 5.23. The maximum absolute atomic E-state index is 13.2. The third-order valence-electron chi connectivity index (χ3n) is 4.34. The number of aliphatic hydroxyl groups excluding tert-OH is 1. The van der Waals surface area contributed by atoms with Crippen molar-refractivity contribution in [3.63, 3.8) is 0 Å². The first-order valence-corrected chi connectivity index (χ1v) is 10.5. The number of pyridine rings is 1. The lowest BCUT2D eigenvalue weighted by molar-refractivity contribution is 0.275. The molecule has 0 saturated heterocycles. The molecule has 0 atom stereocenters. The lowest BCUT2D eigenvalue weighted by Gasteiger charge is -2.23. The van der Waals surface area contributed by atoms with Crippen molar-refractivity contribution in [3.05, 3.63) is 36.7 Å². The van der Waals surface area contributed by atoms with E-state index in [0.29, 0.717) is 36.2 Å². The van der Waals surface area contributed by atoms with Gasteiger partial charge >= 0.3 is 0 Å². The van der Waals surface area contributed by atoms with E-state index in [1.54, 1.807) is 34.9 Å². The zero-order chi connectivity index (χ0) is 18.1. The number of aromatic nitrogens is 1. The number of hydrogen-bond acceptors (Lipinski definition) is 4. The van der Waals surface area contributed by atoms with Gasteiger partial charge in [0.25, 0.3) is 0 Å². The number of sulfonamides is 1. The fraction of sp³-hybridized carbons (Fsp3) is 0.526. The number of unbranched alkanes of at least 4 members (excludes halogenated alkanes) is 4. The lowest BCUT2D eigenvalue weighted by atomic mass is 10.2. The van der Waals surface area contributed by atoms with Crippen molar-refractivity contribution in [1.82, 2.24) is 9.29 Å². The van der Waals surface area contributed by atoms with E-state index in [2.05, 4.69) is 11.9 Å². The van der Waals surface area contributed by atoms with Crippen LogP contribution in [0.4, 0.5) is 0 Å². The van der Waals surface area contributed by atoms with Gasteiger partial charge < -0.3 is 5.11 Å². The molecule has 0 fully saturated rings. The van der Waals surface area contributed by atoms with Crippen molar-refractivity contribution in [2.75, 3.05) is 19.7 Å². The standard InChI is InChI=1S/C19H28N2O3S/c1-2-3-4-5-13-21(14-6-7-15-22)25(23,24)19-10-8-9-17-16-20-12-11-18(17)19/h8-12,16,22H,2-7,13-15H2,1H3. The summed E-state index contributed by atoms with van der Waals surface area (Å²) in [5.41, 5.74) is 0. The molecule has 1 heterocycles. The maximum atomic E-state index is 13.2. The second-order valence-corrected chi connectivity index (χ2v) is 8.15. The molecule has 1 N–H and O–H groups in total. The molecule has 5 nitrogen and oxygen atoms in total. The van der Waals surface area contributed by atoms with Gasteiger partial charge in [-0.1, -0.05) is 38.3 Å². The zero-order valence-electron chi connectivity index (χ0n) is 14.9. The van der Waals surface area contributed by atoms with Crippen molar-refractivity contribution in [2.24, 2.45) is 0 Å². The van der Waals surface area contributed by atoms with Crippen LogP contribution < -0.4 is 0 Å². The summed E-state index contributed by atoms with van der Waals surface area (Å²) in [6, 6.07) is 7.06. The van der Waals surface area contributed by atoms with Crippen molar-refractivity contribution >= 4 is 20.8 Å². The van der Waals surface area contributed by atoms with E-state index < -0.39 is 10.0 Å². The van der Waals surface area contributed by atoms with Gasteiger partial charge in [0.15, 0.2) is 0 Å². The van der Waals surface area contributed by atoms with Gasteiger partial charge in [-0.25, -0.2) is 8.42 Å². The van der Waals surface area contributed by atoms with Gasteiger partial charge in [0.1, 0.15) is 0 Å². The molecule has 0 bridgehead atoms. The molecule has 0 aliphatic rings. The number of aliphatic hydroxyl groups is 1. The van der Waals surface area contributed by atoms with Crippen LogP contribution in [0, 0.1) is 0 Å². The average molecular weight is 365 g/mol. The molecule has 2 aromatic rings. The maximum Gasteiger partial charge on any atom is 0.243 e. The number of benzene rings is 1. The summed E-state index contributed by atoms with van der Waals surface area (Å²) in [5.74, 6) is 0. The van der Waals surface area contributed by atoms with Crippen LogP contribution in [-0.4, -0.2) is 42.5 Å². The number of rotatable bonds is 11. The molecule has 0 aliphatic heterocycles. The van der Waals surface area contributed by atoms with Crippen LogP contribution in [0.2, 0.25) is 0 Å². The van der Waals surface area contributed by atoms with Gasteiger partial charge in [0.05, 0.1) is 4.90 Å². The number of hydrogen-bond donors (Lipinski definition) is 1. The highest BCUT2D eigenvalue weighted by Gasteiger charge is 2.25. The third-order valence-corrected chi connectivity index (χ3v) is 6.29. The molecule has 25 heavy (non-hydrogen) atoms. The number of nitrogens with zero attached hydrogens (tertiary/aromatic N) is 2. The summed E-state index contributed by atoms with van der Waals surface area (Å²) in [7, 11) is -3.57. The van der Waals surface area contributed by atoms with E-state index in [0.717, 1.165) is 31.1 Å². The Balaban J connectivity index is 2.28. The Kier molecular flexibility index (Phi) is 7.81. The Labute approximate surface area is 150 Å². The highest BCUT2D eigenvalue weighted by Crippen LogP contribution is 2.25. The number of fused-ring (bicyclic) bond motifs is 1. The van der Waals surface area contributed by atoms with Crippen LogP contribution in [0.5, 0.6) is 0 Å². The second-order valence-electron chi connectivity index (χ2n) is 6.25. The Morgan fingerprint density at radius 1 is 1.04 bits per heavy atom. The van der Waals surface area contributed by atoms with E-state index in [9.17, 15) is 8.42 Å². The molecule has 0 spiro atoms. The van der Waals surface area contributed by atoms with Crippen LogP contribution in [0.25, 0.3) is 10.8 Å². The van der Waals surface area contributed by atoms with E-state index >= 15 is 0 Å². The summed E-state index contributed by atoms with van der Waals surface area (Å²) >= 11 is 0. The SMILES string of the molecule is CCCCCCN(CCCCO)S(=O)(=O)c1cccc2cnccc12. The average Bonchev–Trinajstić information content (AvgIpc) is 2.63. The molecule has 0 radical (unpaired) electrons. The van der Waals surface area contributed by atoms with E-state index in [1.807, 2.05) is 6.07 Å². The van der Waals surface area contributed by atoms with Crippen LogP contribution >= 0.6 is 0 Å². The minimum atomic E-state index is -3.57. The minimum Gasteiger partial charge on any atom is -0.396 e. The summed E-state index contributed by atoms with van der Waals surface area (Å²) < 4.78 is 28.1. The monoisotopic (exact) mass is 364 g/mol. The van der Waals surface area contributed by atoms with Crippen molar-refractivity contribution < 1.29 is 13.5 Å². The van der Waals surface area contributed by atoms with E-state index in [1.165, 1.54) is 0 Å². The second kappa shape index (κ2) is 9.85. The first-order chi connectivity index (χ1) is 12.1. The first-order valence-electron chi connectivity index (χ1n) is 9.05. The topological polar surface area (TPSA) is 70.5 Å². The normalized spacial score (nSPS) is 12.1. The molecule has 6 heteroatoms. The predicted molar refractivity (Wildman–Crippen MR) is 101 cm³/mol.